The van der Waals surface area contributed by atoms with Gasteiger partial charge in [-0.05, 0) is 41.9 Å². The first-order chi connectivity index (χ1) is 6.68. The third kappa shape index (κ3) is 0.947. The van der Waals surface area contributed by atoms with E-state index in [1.54, 1.807) is 6.07 Å². The number of fused-ring (bicyclic) bond motifs is 3. The number of carboxylic acids is 1. The molecule has 3 heteroatoms. The highest BCUT2D eigenvalue weighted by Crippen LogP contribution is 2.57. The standard InChI is InChI=1S/C11H9ClO2/c12-9-2-1-6-7-3-5(7)4-8(6)10(9)11(13)14/h1-2,5,7H,3-4H2,(H,13,14)/t5-,7-/m1/s1. The Morgan fingerprint density at radius 2 is 2.29 bits per heavy atom. The van der Waals surface area contributed by atoms with E-state index in [1.165, 1.54) is 12.0 Å². The van der Waals surface area contributed by atoms with E-state index in [1.807, 2.05) is 6.07 Å². The molecule has 0 saturated heterocycles. The van der Waals surface area contributed by atoms with Crippen molar-refractivity contribution in [3.63, 3.8) is 0 Å². The Bertz CT molecular complexity index is 439. The van der Waals surface area contributed by atoms with Crippen molar-refractivity contribution in [1.82, 2.24) is 0 Å². The summed E-state index contributed by atoms with van der Waals surface area (Å²) in [5, 5.41) is 9.42. The average Bonchev–Trinajstić information content (AvgIpc) is 2.77. The Hall–Kier alpha value is -1.02. The van der Waals surface area contributed by atoms with Crippen LogP contribution >= 0.6 is 11.6 Å². The van der Waals surface area contributed by atoms with Crippen molar-refractivity contribution >= 4 is 17.6 Å². The second-order valence-corrected chi connectivity index (χ2v) is 4.51. The second kappa shape index (κ2) is 2.51. The molecule has 0 heterocycles. The summed E-state index contributed by atoms with van der Waals surface area (Å²) in [7, 11) is 0. The van der Waals surface area contributed by atoms with Gasteiger partial charge in [0.15, 0.2) is 0 Å². The normalized spacial score (nSPS) is 26.9. The Labute approximate surface area is 86.5 Å². The number of hydrogen-bond acceptors (Lipinski definition) is 1. The lowest BCUT2D eigenvalue weighted by Gasteiger charge is -2.08. The maximum atomic E-state index is 11.0. The Morgan fingerprint density at radius 3 is 3.00 bits per heavy atom. The highest BCUT2D eigenvalue weighted by Gasteiger charge is 2.46. The number of benzene rings is 1. The fourth-order valence-electron chi connectivity index (χ4n) is 2.55. The van der Waals surface area contributed by atoms with Crippen LogP contribution in [0.15, 0.2) is 12.1 Å². The van der Waals surface area contributed by atoms with Gasteiger partial charge in [-0.3, -0.25) is 0 Å². The predicted octanol–water partition coefficient (Wildman–Crippen LogP) is 2.70. The van der Waals surface area contributed by atoms with Crippen molar-refractivity contribution in [3.05, 3.63) is 33.8 Å². The number of rotatable bonds is 1. The largest absolute Gasteiger partial charge is 0.478 e. The minimum absolute atomic E-state index is 0.330. The lowest BCUT2D eigenvalue weighted by atomic mass is 10.00. The zero-order valence-corrected chi connectivity index (χ0v) is 8.21. The van der Waals surface area contributed by atoms with Gasteiger partial charge in [0.2, 0.25) is 0 Å². The van der Waals surface area contributed by atoms with Crippen LogP contribution < -0.4 is 0 Å². The monoisotopic (exact) mass is 208 g/mol. The summed E-state index contributed by atoms with van der Waals surface area (Å²) in [5.41, 5.74) is 2.53. The minimum atomic E-state index is -0.895. The van der Waals surface area contributed by atoms with Gasteiger partial charge in [-0.1, -0.05) is 17.7 Å². The maximum absolute atomic E-state index is 11.0. The minimum Gasteiger partial charge on any atom is -0.478 e. The van der Waals surface area contributed by atoms with Crippen molar-refractivity contribution < 1.29 is 9.90 Å². The number of hydrogen-bond donors (Lipinski definition) is 1. The van der Waals surface area contributed by atoms with Gasteiger partial charge >= 0.3 is 5.97 Å². The van der Waals surface area contributed by atoms with E-state index in [-0.39, 0.29) is 0 Å². The molecule has 0 bridgehead atoms. The van der Waals surface area contributed by atoms with Gasteiger partial charge < -0.3 is 5.11 Å². The Kier molecular flexibility index (Phi) is 1.49. The molecule has 2 aliphatic rings. The zero-order chi connectivity index (χ0) is 9.87. The van der Waals surface area contributed by atoms with Crippen molar-refractivity contribution in [1.29, 1.82) is 0 Å². The first-order valence-corrected chi connectivity index (χ1v) is 5.11. The molecule has 3 rings (SSSR count). The molecule has 0 unspecified atom stereocenters. The van der Waals surface area contributed by atoms with Crippen LogP contribution in [0, 0.1) is 5.92 Å². The van der Waals surface area contributed by atoms with E-state index in [2.05, 4.69) is 0 Å². The first-order valence-electron chi connectivity index (χ1n) is 4.73. The molecule has 2 nitrogen and oxygen atoms in total. The molecule has 0 aromatic heterocycles. The van der Waals surface area contributed by atoms with Crippen LogP contribution in [0.3, 0.4) is 0 Å². The van der Waals surface area contributed by atoms with Crippen molar-refractivity contribution in [2.24, 2.45) is 5.92 Å². The highest BCUT2D eigenvalue weighted by molar-refractivity contribution is 6.33. The SMILES string of the molecule is O=C(O)c1c(Cl)ccc2c1C[C@H]1C[C@@H]21. The van der Waals surface area contributed by atoms with E-state index in [0.29, 0.717) is 22.4 Å². The summed E-state index contributed by atoms with van der Waals surface area (Å²) in [6.07, 6.45) is 2.13. The van der Waals surface area contributed by atoms with Gasteiger partial charge in [-0.25, -0.2) is 4.79 Å². The lowest BCUT2D eigenvalue weighted by Crippen LogP contribution is -2.04. The van der Waals surface area contributed by atoms with E-state index >= 15 is 0 Å². The van der Waals surface area contributed by atoms with Crippen LogP contribution in [0.5, 0.6) is 0 Å². The number of carbonyl (C=O) groups is 1. The topological polar surface area (TPSA) is 37.3 Å². The van der Waals surface area contributed by atoms with Gasteiger partial charge in [0.05, 0.1) is 10.6 Å². The Balaban J connectivity index is 2.23. The first kappa shape index (κ1) is 8.30. The average molecular weight is 209 g/mol. The lowest BCUT2D eigenvalue weighted by molar-refractivity contribution is 0.0696. The van der Waals surface area contributed by atoms with Crippen LogP contribution in [-0.2, 0) is 6.42 Å². The molecule has 1 N–H and O–H groups in total. The van der Waals surface area contributed by atoms with E-state index in [9.17, 15) is 4.79 Å². The summed E-state index contributed by atoms with van der Waals surface area (Å²) >= 11 is 5.88. The molecule has 1 fully saturated rings. The third-order valence-electron chi connectivity index (χ3n) is 3.30. The zero-order valence-electron chi connectivity index (χ0n) is 7.46. The van der Waals surface area contributed by atoms with Crippen LogP contribution in [0.2, 0.25) is 5.02 Å². The molecular formula is C11H9ClO2. The van der Waals surface area contributed by atoms with E-state index in [0.717, 1.165) is 12.0 Å². The van der Waals surface area contributed by atoms with Gasteiger partial charge in [-0.15, -0.1) is 0 Å². The molecule has 1 aromatic carbocycles. The van der Waals surface area contributed by atoms with Crippen LogP contribution in [-0.4, -0.2) is 11.1 Å². The fraction of sp³-hybridized carbons (Fsp3) is 0.364. The number of carboxylic acid groups (broad SMARTS) is 1. The molecule has 1 aromatic rings. The molecule has 14 heavy (non-hydrogen) atoms. The van der Waals surface area contributed by atoms with Crippen LogP contribution in [0.25, 0.3) is 0 Å². The van der Waals surface area contributed by atoms with Crippen molar-refractivity contribution in [2.45, 2.75) is 18.8 Å². The molecule has 0 amide bonds. The third-order valence-corrected chi connectivity index (χ3v) is 3.62. The summed E-state index contributed by atoms with van der Waals surface area (Å²) < 4.78 is 0. The summed E-state index contributed by atoms with van der Waals surface area (Å²) in [4.78, 5) is 11.0. The van der Waals surface area contributed by atoms with Crippen LogP contribution in [0.4, 0.5) is 0 Å². The molecule has 2 aliphatic carbocycles. The molecule has 0 aliphatic heterocycles. The maximum Gasteiger partial charge on any atom is 0.337 e. The quantitative estimate of drug-likeness (QED) is 0.771. The highest BCUT2D eigenvalue weighted by atomic mass is 35.5. The smallest absolute Gasteiger partial charge is 0.337 e. The molecule has 0 radical (unpaired) electrons. The van der Waals surface area contributed by atoms with E-state index < -0.39 is 5.97 Å². The van der Waals surface area contributed by atoms with Gasteiger partial charge in [0, 0.05) is 0 Å². The van der Waals surface area contributed by atoms with E-state index in [4.69, 9.17) is 16.7 Å². The predicted molar refractivity (Wildman–Crippen MR) is 53.0 cm³/mol. The van der Waals surface area contributed by atoms with Gasteiger partial charge in [0.25, 0.3) is 0 Å². The van der Waals surface area contributed by atoms with Crippen molar-refractivity contribution in [3.8, 4) is 0 Å². The molecule has 0 spiro atoms. The fourth-order valence-corrected chi connectivity index (χ4v) is 2.81. The summed E-state index contributed by atoms with van der Waals surface area (Å²) in [5.74, 6) is 0.426. The Morgan fingerprint density at radius 1 is 1.50 bits per heavy atom. The van der Waals surface area contributed by atoms with Crippen LogP contribution in [0.1, 0.15) is 33.8 Å². The molecule has 1 saturated carbocycles. The van der Waals surface area contributed by atoms with Gasteiger partial charge in [-0.2, -0.15) is 0 Å². The second-order valence-electron chi connectivity index (χ2n) is 4.10. The molecule has 72 valence electrons. The molecular weight excluding hydrogens is 200 g/mol. The summed E-state index contributed by atoms with van der Waals surface area (Å²) in [6, 6.07) is 3.70. The number of aromatic carboxylic acids is 1. The molecule has 2 atom stereocenters. The van der Waals surface area contributed by atoms with Gasteiger partial charge in [0.1, 0.15) is 0 Å². The number of halogens is 1. The van der Waals surface area contributed by atoms with Crippen molar-refractivity contribution in [2.75, 3.05) is 0 Å². The summed E-state index contributed by atoms with van der Waals surface area (Å²) in [6.45, 7) is 0.